The number of hydrogen-bond donors (Lipinski definition) is 1. The first-order valence-corrected chi connectivity index (χ1v) is 8.27. The second-order valence-corrected chi connectivity index (χ2v) is 5.99. The summed E-state index contributed by atoms with van der Waals surface area (Å²) in [4.78, 5) is 0. The van der Waals surface area contributed by atoms with Crippen LogP contribution in [0.5, 0.6) is 5.75 Å². The molecular formula is C21H27NO. The van der Waals surface area contributed by atoms with Crippen LogP contribution in [0.2, 0.25) is 0 Å². The molecule has 2 heteroatoms. The summed E-state index contributed by atoms with van der Waals surface area (Å²) in [5.41, 5.74) is 9.26. The maximum atomic E-state index is 5.52. The molecule has 0 saturated carbocycles. The van der Waals surface area contributed by atoms with E-state index in [2.05, 4.69) is 50.3 Å². The number of methoxy groups -OCH3 is 1. The number of rotatable bonds is 6. The van der Waals surface area contributed by atoms with Gasteiger partial charge in [-0.25, -0.2) is 0 Å². The van der Waals surface area contributed by atoms with Gasteiger partial charge in [-0.05, 0) is 55.5 Å². The molecule has 1 aromatic carbocycles. The fourth-order valence-electron chi connectivity index (χ4n) is 3.20. The first-order valence-electron chi connectivity index (χ1n) is 8.27. The van der Waals surface area contributed by atoms with Crippen LogP contribution in [0, 0.1) is 11.8 Å². The predicted octanol–water partition coefficient (Wildman–Crippen LogP) is 5.10. The molecule has 0 amide bonds. The molecule has 2 unspecified atom stereocenters. The van der Waals surface area contributed by atoms with Crippen molar-refractivity contribution in [1.82, 2.24) is 0 Å². The van der Waals surface area contributed by atoms with Gasteiger partial charge in [0.1, 0.15) is 5.75 Å². The molecule has 122 valence electrons. The average Bonchev–Trinajstić information content (AvgIpc) is 2.60. The van der Waals surface area contributed by atoms with Gasteiger partial charge < -0.3 is 10.5 Å². The summed E-state index contributed by atoms with van der Waals surface area (Å²) in [7, 11) is 1.73. The van der Waals surface area contributed by atoms with Crippen molar-refractivity contribution in [2.45, 2.75) is 26.7 Å². The van der Waals surface area contributed by atoms with Crippen molar-refractivity contribution >= 4 is 5.57 Å². The second kappa shape index (κ2) is 8.42. The fourth-order valence-corrected chi connectivity index (χ4v) is 3.20. The lowest BCUT2D eigenvalue weighted by Gasteiger charge is -2.25. The first-order chi connectivity index (χ1) is 11.2. The summed E-state index contributed by atoms with van der Waals surface area (Å²) >= 11 is 0. The molecule has 0 radical (unpaired) electrons. The van der Waals surface area contributed by atoms with Crippen molar-refractivity contribution in [3.05, 3.63) is 72.0 Å². The van der Waals surface area contributed by atoms with Gasteiger partial charge in [0, 0.05) is 5.56 Å². The predicted molar refractivity (Wildman–Crippen MR) is 99.1 cm³/mol. The Morgan fingerprint density at radius 1 is 1.39 bits per heavy atom. The van der Waals surface area contributed by atoms with Crippen molar-refractivity contribution in [1.29, 1.82) is 0 Å². The maximum absolute atomic E-state index is 5.52. The van der Waals surface area contributed by atoms with Gasteiger partial charge in [-0.2, -0.15) is 0 Å². The van der Waals surface area contributed by atoms with E-state index in [1.54, 1.807) is 13.3 Å². The molecule has 0 saturated heterocycles. The molecule has 0 aromatic heterocycles. The molecule has 0 fully saturated rings. The number of ether oxygens (including phenoxy) is 1. The molecule has 0 bridgehead atoms. The Labute approximate surface area is 140 Å². The van der Waals surface area contributed by atoms with Crippen molar-refractivity contribution in [3.63, 3.8) is 0 Å². The topological polar surface area (TPSA) is 35.2 Å². The minimum atomic E-state index is 0.506. The van der Waals surface area contributed by atoms with E-state index in [0.717, 1.165) is 18.6 Å². The Balaban J connectivity index is 2.21. The summed E-state index contributed by atoms with van der Waals surface area (Å²) in [6.45, 7) is 4.35. The number of nitrogens with two attached hydrogens (primary N) is 1. The van der Waals surface area contributed by atoms with Crippen LogP contribution in [0.25, 0.3) is 5.57 Å². The Morgan fingerprint density at radius 2 is 2.17 bits per heavy atom. The van der Waals surface area contributed by atoms with Gasteiger partial charge in [0.15, 0.2) is 0 Å². The highest BCUT2D eigenvalue weighted by Crippen LogP contribution is 2.37. The van der Waals surface area contributed by atoms with E-state index >= 15 is 0 Å². The van der Waals surface area contributed by atoms with E-state index in [-0.39, 0.29) is 0 Å². The third-order valence-electron chi connectivity index (χ3n) is 4.42. The largest absolute Gasteiger partial charge is 0.496 e. The van der Waals surface area contributed by atoms with Crippen LogP contribution in [-0.4, -0.2) is 7.11 Å². The Kier molecular flexibility index (Phi) is 6.28. The van der Waals surface area contributed by atoms with Crippen molar-refractivity contribution in [3.8, 4) is 5.75 Å². The molecular weight excluding hydrogens is 282 g/mol. The number of allylic oxidation sites excluding steroid dienone is 7. The average molecular weight is 309 g/mol. The highest BCUT2D eigenvalue weighted by atomic mass is 16.5. The Hall–Kier alpha value is -2.22. The van der Waals surface area contributed by atoms with Crippen LogP contribution >= 0.6 is 0 Å². The lowest BCUT2D eigenvalue weighted by molar-refractivity contribution is 0.412. The molecule has 2 nitrogen and oxygen atoms in total. The van der Waals surface area contributed by atoms with Gasteiger partial charge in [-0.15, -0.1) is 0 Å². The molecule has 2 atom stereocenters. The second-order valence-electron chi connectivity index (χ2n) is 5.99. The van der Waals surface area contributed by atoms with Crippen LogP contribution in [0.1, 0.15) is 32.3 Å². The van der Waals surface area contributed by atoms with Gasteiger partial charge in [0.05, 0.1) is 7.11 Å². The molecule has 2 N–H and O–H groups in total. The number of hydrogen-bond acceptors (Lipinski definition) is 2. The van der Waals surface area contributed by atoms with E-state index in [1.165, 1.54) is 16.7 Å². The highest BCUT2D eigenvalue weighted by Gasteiger charge is 2.21. The minimum absolute atomic E-state index is 0.506. The molecule has 0 heterocycles. The summed E-state index contributed by atoms with van der Waals surface area (Å²) in [6.07, 6.45) is 14.8. The Bertz CT molecular complexity index is 637. The van der Waals surface area contributed by atoms with Crippen LogP contribution in [0.15, 0.2) is 66.4 Å². The smallest absolute Gasteiger partial charge is 0.126 e. The van der Waals surface area contributed by atoms with E-state index in [4.69, 9.17) is 10.5 Å². The van der Waals surface area contributed by atoms with Crippen molar-refractivity contribution < 1.29 is 4.74 Å². The van der Waals surface area contributed by atoms with Crippen LogP contribution in [-0.2, 0) is 0 Å². The lowest BCUT2D eigenvalue weighted by atomic mass is 9.79. The zero-order chi connectivity index (χ0) is 16.7. The van der Waals surface area contributed by atoms with Crippen LogP contribution < -0.4 is 10.5 Å². The Morgan fingerprint density at radius 3 is 2.87 bits per heavy atom. The standard InChI is InChI=1S/C21H27NO/c1-4-17(14-16(2)12-13-22)18-8-7-9-19(15-18)20-10-5-6-11-21(20)23-3/h5-14,17-18H,4,15,22H2,1-3H3/b13-12-,16-14-. The summed E-state index contributed by atoms with van der Waals surface area (Å²) < 4.78 is 5.52. The van der Waals surface area contributed by atoms with Crippen LogP contribution in [0.4, 0.5) is 0 Å². The van der Waals surface area contributed by atoms with Gasteiger partial charge in [-0.1, -0.05) is 55.0 Å². The SMILES string of the molecule is CCC(/C=C(C)\C=C/N)C1C=CC=C(c2ccccc2OC)C1. The monoisotopic (exact) mass is 309 g/mol. The van der Waals surface area contributed by atoms with Gasteiger partial charge in [0.2, 0.25) is 0 Å². The quantitative estimate of drug-likeness (QED) is 0.742. The summed E-state index contributed by atoms with van der Waals surface area (Å²) in [6, 6.07) is 8.25. The molecule has 0 spiro atoms. The molecule has 1 aliphatic carbocycles. The van der Waals surface area contributed by atoms with Gasteiger partial charge in [-0.3, -0.25) is 0 Å². The number of benzene rings is 1. The third kappa shape index (κ3) is 4.38. The first kappa shape index (κ1) is 17.1. The molecule has 2 rings (SSSR count). The molecule has 0 aliphatic heterocycles. The summed E-state index contributed by atoms with van der Waals surface area (Å²) in [5, 5.41) is 0. The molecule has 23 heavy (non-hydrogen) atoms. The van der Waals surface area contributed by atoms with E-state index in [1.807, 2.05) is 18.2 Å². The van der Waals surface area contributed by atoms with E-state index < -0.39 is 0 Å². The normalized spacial score (nSPS) is 19.7. The van der Waals surface area contributed by atoms with Gasteiger partial charge in [0.25, 0.3) is 0 Å². The molecule has 1 aromatic rings. The lowest BCUT2D eigenvalue weighted by Crippen LogP contribution is -2.13. The molecule has 1 aliphatic rings. The van der Waals surface area contributed by atoms with E-state index in [0.29, 0.717) is 11.8 Å². The van der Waals surface area contributed by atoms with Crippen LogP contribution in [0.3, 0.4) is 0 Å². The summed E-state index contributed by atoms with van der Waals surface area (Å²) in [5.74, 6) is 1.96. The fraction of sp³-hybridized carbons (Fsp3) is 0.333. The zero-order valence-corrected chi connectivity index (χ0v) is 14.3. The number of para-hydroxylation sites is 1. The van der Waals surface area contributed by atoms with Crippen molar-refractivity contribution in [2.24, 2.45) is 17.6 Å². The minimum Gasteiger partial charge on any atom is -0.496 e. The van der Waals surface area contributed by atoms with E-state index in [9.17, 15) is 0 Å². The maximum Gasteiger partial charge on any atom is 0.126 e. The zero-order valence-electron chi connectivity index (χ0n) is 14.3. The highest BCUT2D eigenvalue weighted by molar-refractivity contribution is 5.73. The van der Waals surface area contributed by atoms with Crippen molar-refractivity contribution in [2.75, 3.05) is 7.11 Å². The van der Waals surface area contributed by atoms with Gasteiger partial charge >= 0.3 is 0 Å². The third-order valence-corrected chi connectivity index (χ3v) is 4.42.